The first-order valence-electron chi connectivity index (χ1n) is 8.31. The third-order valence-corrected chi connectivity index (χ3v) is 5.55. The molecule has 27 heavy (non-hydrogen) atoms. The van der Waals surface area contributed by atoms with Gasteiger partial charge in [0, 0.05) is 13.1 Å². The van der Waals surface area contributed by atoms with Crippen molar-refractivity contribution >= 4 is 34.1 Å². The minimum absolute atomic E-state index is 0. The van der Waals surface area contributed by atoms with Gasteiger partial charge in [-0.05, 0) is 24.0 Å². The lowest BCUT2D eigenvalue weighted by atomic mass is 10.1. The molecule has 1 aromatic rings. The average molecular weight is 421 g/mol. The van der Waals surface area contributed by atoms with Crippen molar-refractivity contribution in [3.05, 3.63) is 35.4 Å². The monoisotopic (exact) mass is 420 g/mol. The summed E-state index contributed by atoms with van der Waals surface area (Å²) in [5.41, 5.74) is 6.93. The molecule has 0 radical (unpaired) electrons. The normalized spacial score (nSPS) is 19.2. The van der Waals surface area contributed by atoms with E-state index in [0.29, 0.717) is 25.1 Å². The standard InChI is InChI=1S/C17H24N2O6S.ClH/c1-24-16(20)11-26(22,23)10-13-4-2-12(3-5-13)9-19-17(21)15-7-6-14(8-18)25-15;/h2-5,14-15H,6-11,18H2,1H3,(H,19,21);1H/t14-,15+;/m1./s1. The van der Waals surface area contributed by atoms with E-state index < -0.39 is 27.7 Å². The summed E-state index contributed by atoms with van der Waals surface area (Å²) in [6.45, 7) is 0.727. The van der Waals surface area contributed by atoms with Crippen LogP contribution in [0, 0.1) is 0 Å². The van der Waals surface area contributed by atoms with Crippen LogP contribution in [0.5, 0.6) is 0 Å². The Balaban J connectivity index is 0.00000364. The predicted octanol–water partition coefficient (Wildman–Crippen LogP) is 0.319. The highest BCUT2D eigenvalue weighted by Crippen LogP contribution is 2.19. The van der Waals surface area contributed by atoms with E-state index in [4.69, 9.17) is 10.5 Å². The lowest BCUT2D eigenvalue weighted by Gasteiger charge is -2.13. The second kappa shape index (κ2) is 10.6. The van der Waals surface area contributed by atoms with E-state index in [0.717, 1.165) is 19.1 Å². The van der Waals surface area contributed by atoms with Gasteiger partial charge in [-0.25, -0.2) is 8.42 Å². The Morgan fingerprint density at radius 2 is 1.85 bits per heavy atom. The Labute approximate surface area is 165 Å². The van der Waals surface area contributed by atoms with E-state index in [1.54, 1.807) is 24.3 Å². The van der Waals surface area contributed by atoms with Crippen molar-refractivity contribution in [1.82, 2.24) is 5.32 Å². The Hall–Kier alpha value is -1.68. The number of nitrogens with two attached hydrogens (primary N) is 1. The van der Waals surface area contributed by atoms with Crippen molar-refractivity contribution in [2.45, 2.75) is 37.3 Å². The Bertz CT molecular complexity index is 738. The van der Waals surface area contributed by atoms with Crippen LogP contribution in [0.4, 0.5) is 0 Å². The molecule has 1 heterocycles. The largest absolute Gasteiger partial charge is 0.468 e. The first-order valence-corrected chi connectivity index (χ1v) is 10.1. The van der Waals surface area contributed by atoms with E-state index in [9.17, 15) is 18.0 Å². The molecule has 0 bridgehead atoms. The molecule has 0 aromatic heterocycles. The van der Waals surface area contributed by atoms with Crippen molar-refractivity contribution in [2.75, 3.05) is 19.4 Å². The number of carbonyl (C=O) groups excluding carboxylic acids is 2. The maximum absolute atomic E-state index is 12.1. The minimum Gasteiger partial charge on any atom is -0.468 e. The molecule has 10 heteroatoms. The molecule has 152 valence electrons. The van der Waals surface area contributed by atoms with Crippen molar-refractivity contribution in [3.8, 4) is 0 Å². The molecular weight excluding hydrogens is 396 g/mol. The lowest BCUT2D eigenvalue weighted by molar-refractivity contribution is -0.137. The SMILES string of the molecule is COC(=O)CS(=O)(=O)Cc1ccc(CNC(=O)[C@@H]2CC[C@H](CN)O2)cc1.Cl. The predicted molar refractivity (Wildman–Crippen MR) is 102 cm³/mol. The summed E-state index contributed by atoms with van der Waals surface area (Å²) >= 11 is 0. The van der Waals surface area contributed by atoms with Crippen molar-refractivity contribution in [3.63, 3.8) is 0 Å². The number of methoxy groups -OCH3 is 1. The van der Waals surface area contributed by atoms with E-state index in [1.165, 1.54) is 0 Å². The van der Waals surface area contributed by atoms with Crippen LogP contribution in [-0.4, -0.2) is 51.9 Å². The molecular formula is C17H25ClN2O6S. The number of sulfone groups is 1. The quantitative estimate of drug-likeness (QED) is 0.580. The maximum Gasteiger partial charge on any atom is 0.320 e. The van der Waals surface area contributed by atoms with Crippen molar-refractivity contribution in [2.24, 2.45) is 5.73 Å². The first-order chi connectivity index (χ1) is 12.3. The molecule has 8 nitrogen and oxygen atoms in total. The van der Waals surface area contributed by atoms with Gasteiger partial charge in [0.15, 0.2) is 9.84 Å². The molecule has 3 N–H and O–H groups in total. The van der Waals surface area contributed by atoms with Crippen LogP contribution >= 0.6 is 12.4 Å². The van der Waals surface area contributed by atoms with Gasteiger partial charge in [-0.15, -0.1) is 12.4 Å². The molecule has 1 aliphatic heterocycles. The summed E-state index contributed by atoms with van der Waals surface area (Å²) in [4.78, 5) is 23.2. The number of amides is 1. The summed E-state index contributed by atoms with van der Waals surface area (Å²) in [5.74, 6) is -1.85. The summed E-state index contributed by atoms with van der Waals surface area (Å²) < 4.78 is 33.7. The molecule has 0 saturated carbocycles. The maximum atomic E-state index is 12.1. The van der Waals surface area contributed by atoms with Gasteiger partial charge in [0.05, 0.1) is 19.0 Å². The van der Waals surface area contributed by atoms with E-state index >= 15 is 0 Å². The zero-order valence-electron chi connectivity index (χ0n) is 15.1. The zero-order chi connectivity index (χ0) is 19.2. The Kier molecular flexibility index (Phi) is 9.17. The number of nitrogens with one attached hydrogen (secondary N) is 1. The molecule has 1 fully saturated rings. The molecule has 1 saturated heterocycles. The third kappa shape index (κ3) is 7.45. The van der Waals surface area contributed by atoms with Crippen LogP contribution in [0.15, 0.2) is 24.3 Å². The number of carbonyl (C=O) groups is 2. The molecule has 0 aliphatic carbocycles. The van der Waals surface area contributed by atoms with Crippen LogP contribution in [-0.2, 0) is 41.2 Å². The van der Waals surface area contributed by atoms with Crippen LogP contribution in [0.25, 0.3) is 0 Å². The first kappa shape index (κ1) is 23.4. The van der Waals surface area contributed by atoms with Gasteiger partial charge >= 0.3 is 5.97 Å². The number of rotatable bonds is 8. The molecule has 2 atom stereocenters. The number of hydrogen-bond donors (Lipinski definition) is 2. The van der Waals surface area contributed by atoms with Crippen molar-refractivity contribution < 1.29 is 27.5 Å². The fraction of sp³-hybridized carbons (Fsp3) is 0.529. The second-order valence-electron chi connectivity index (χ2n) is 6.20. The van der Waals surface area contributed by atoms with Gasteiger partial charge in [0.1, 0.15) is 11.9 Å². The van der Waals surface area contributed by atoms with Gasteiger partial charge in [-0.1, -0.05) is 24.3 Å². The summed E-state index contributed by atoms with van der Waals surface area (Å²) in [6.07, 6.45) is 0.914. The number of halogens is 1. The highest BCUT2D eigenvalue weighted by atomic mass is 35.5. The highest BCUT2D eigenvalue weighted by Gasteiger charge is 2.29. The Morgan fingerprint density at radius 1 is 1.22 bits per heavy atom. The fourth-order valence-corrected chi connectivity index (χ4v) is 3.95. The third-order valence-electron chi connectivity index (χ3n) is 4.10. The van der Waals surface area contributed by atoms with Gasteiger partial charge in [-0.2, -0.15) is 0 Å². The number of benzene rings is 1. The molecule has 2 rings (SSSR count). The highest BCUT2D eigenvalue weighted by molar-refractivity contribution is 7.91. The number of esters is 1. The van der Waals surface area contributed by atoms with Crippen LogP contribution in [0.1, 0.15) is 24.0 Å². The smallest absolute Gasteiger partial charge is 0.320 e. The minimum atomic E-state index is -3.57. The molecule has 0 spiro atoms. The zero-order valence-corrected chi connectivity index (χ0v) is 16.7. The van der Waals surface area contributed by atoms with E-state index in [-0.39, 0.29) is 30.2 Å². The van der Waals surface area contributed by atoms with Crippen molar-refractivity contribution in [1.29, 1.82) is 0 Å². The molecule has 1 aromatic carbocycles. The van der Waals surface area contributed by atoms with Gasteiger partial charge < -0.3 is 20.5 Å². The summed E-state index contributed by atoms with van der Waals surface area (Å²) in [7, 11) is -2.43. The summed E-state index contributed by atoms with van der Waals surface area (Å²) in [6, 6.07) is 6.79. The topological polar surface area (TPSA) is 125 Å². The second-order valence-corrected chi connectivity index (χ2v) is 8.27. The number of hydrogen-bond acceptors (Lipinski definition) is 7. The Morgan fingerprint density at radius 3 is 2.41 bits per heavy atom. The molecule has 1 aliphatic rings. The van der Waals surface area contributed by atoms with Crippen LogP contribution < -0.4 is 11.1 Å². The molecule has 0 unspecified atom stereocenters. The van der Waals surface area contributed by atoms with Gasteiger partial charge in [0.25, 0.3) is 0 Å². The van der Waals surface area contributed by atoms with Gasteiger partial charge in [-0.3, -0.25) is 9.59 Å². The van der Waals surface area contributed by atoms with E-state index in [2.05, 4.69) is 10.1 Å². The van der Waals surface area contributed by atoms with Crippen LogP contribution in [0.3, 0.4) is 0 Å². The van der Waals surface area contributed by atoms with Gasteiger partial charge in [0.2, 0.25) is 5.91 Å². The lowest BCUT2D eigenvalue weighted by Crippen LogP contribution is -2.35. The number of ether oxygens (including phenoxy) is 2. The summed E-state index contributed by atoms with van der Waals surface area (Å²) in [5, 5.41) is 2.80. The van der Waals surface area contributed by atoms with E-state index in [1.807, 2.05) is 0 Å². The van der Waals surface area contributed by atoms with Crippen LogP contribution in [0.2, 0.25) is 0 Å². The average Bonchev–Trinajstić information content (AvgIpc) is 3.09. The fourth-order valence-electron chi connectivity index (χ4n) is 2.67. The molecule has 1 amide bonds.